The van der Waals surface area contributed by atoms with Crippen molar-refractivity contribution in [3.05, 3.63) is 0 Å². The number of nitrogens with zero attached hydrogens (tertiary/aromatic N) is 1. The lowest BCUT2D eigenvalue weighted by atomic mass is 10.2. The van der Waals surface area contributed by atoms with Crippen molar-refractivity contribution in [3.8, 4) is 0 Å². The van der Waals surface area contributed by atoms with E-state index in [9.17, 15) is 8.42 Å². The second-order valence-corrected chi connectivity index (χ2v) is 4.74. The fraction of sp³-hybridized carbons (Fsp3) is 1.00. The molecule has 0 aliphatic carbocycles. The minimum atomic E-state index is -3.46. The zero-order valence-corrected chi connectivity index (χ0v) is 8.18. The Bertz CT molecular complexity index is 196. The van der Waals surface area contributed by atoms with Crippen LogP contribution in [0.5, 0.6) is 0 Å². The molecule has 0 saturated heterocycles. The number of hydrogen-bond donors (Lipinski definition) is 0. The molecule has 0 aromatic heterocycles. The van der Waals surface area contributed by atoms with Crippen LogP contribution in [0.2, 0.25) is 0 Å². The largest absolute Gasteiger partial charge is 0.337 e. The molecule has 0 bridgehead atoms. The summed E-state index contributed by atoms with van der Waals surface area (Å²) in [7, 11) is -0.580. The van der Waals surface area contributed by atoms with E-state index in [4.69, 9.17) is 0 Å². The van der Waals surface area contributed by atoms with Crippen LogP contribution in [-0.2, 0) is 14.5 Å². The summed E-state index contributed by atoms with van der Waals surface area (Å²) in [5, 5.41) is 0. The van der Waals surface area contributed by atoms with Crippen LogP contribution >= 0.6 is 0 Å². The molecule has 0 atom stereocenters. The highest BCUT2D eigenvalue weighted by Gasteiger charge is 2.13. The predicted octanol–water partition coefficient (Wildman–Crippen LogP) is 0.465. The van der Waals surface area contributed by atoms with E-state index in [1.54, 1.807) is 0 Å². The lowest BCUT2D eigenvalue weighted by molar-refractivity contribution is 0.253. The summed E-state index contributed by atoms with van der Waals surface area (Å²) < 4.78 is 27.6. The average Bonchev–Trinajstić information content (AvgIpc) is 1.84. The molecular weight excluding hydrogens is 166 g/mol. The Balaban J connectivity index is 3.95. The minimum Gasteiger partial charge on any atom is -0.258 e. The molecular formula is C6H15NO3S. The van der Waals surface area contributed by atoms with Gasteiger partial charge in [0.05, 0.1) is 6.61 Å². The van der Waals surface area contributed by atoms with E-state index in [0.29, 0.717) is 0 Å². The van der Waals surface area contributed by atoms with Crippen molar-refractivity contribution in [1.82, 2.24) is 4.31 Å². The maximum absolute atomic E-state index is 10.9. The van der Waals surface area contributed by atoms with Gasteiger partial charge < -0.3 is 0 Å². The highest BCUT2D eigenvalue weighted by molar-refractivity contribution is 7.84. The summed E-state index contributed by atoms with van der Waals surface area (Å²) in [5.74, 6) is 0.227. The van der Waals surface area contributed by atoms with Gasteiger partial charge in [-0.3, -0.25) is 4.18 Å². The molecule has 68 valence electrons. The maximum Gasteiger partial charge on any atom is 0.337 e. The highest BCUT2D eigenvalue weighted by atomic mass is 32.2. The molecule has 0 aliphatic heterocycles. The zero-order chi connectivity index (χ0) is 9.07. The first-order valence-corrected chi connectivity index (χ1v) is 4.79. The third-order valence-electron chi connectivity index (χ3n) is 0.998. The van der Waals surface area contributed by atoms with Crippen LogP contribution in [0.3, 0.4) is 0 Å². The Morgan fingerprint density at radius 3 is 2.09 bits per heavy atom. The second-order valence-electron chi connectivity index (χ2n) is 2.92. The average molecular weight is 181 g/mol. The van der Waals surface area contributed by atoms with E-state index < -0.39 is 10.3 Å². The van der Waals surface area contributed by atoms with Gasteiger partial charge >= 0.3 is 10.3 Å². The quantitative estimate of drug-likeness (QED) is 0.633. The number of rotatable bonds is 4. The van der Waals surface area contributed by atoms with E-state index in [1.807, 2.05) is 13.8 Å². The maximum atomic E-state index is 10.9. The smallest absolute Gasteiger partial charge is 0.258 e. The SMILES string of the molecule is CC(C)COS(=O)(=O)N(C)C. The van der Waals surface area contributed by atoms with Crippen LogP contribution in [0, 0.1) is 5.92 Å². The van der Waals surface area contributed by atoms with Crippen molar-refractivity contribution < 1.29 is 12.6 Å². The first-order chi connectivity index (χ1) is 4.86. The van der Waals surface area contributed by atoms with Gasteiger partial charge in [0.15, 0.2) is 0 Å². The van der Waals surface area contributed by atoms with Crippen LogP contribution in [0.1, 0.15) is 13.8 Å². The van der Waals surface area contributed by atoms with Gasteiger partial charge in [0.2, 0.25) is 0 Å². The molecule has 4 nitrogen and oxygen atoms in total. The molecule has 0 rings (SSSR count). The molecule has 0 fully saturated rings. The van der Waals surface area contributed by atoms with Gasteiger partial charge in [0.1, 0.15) is 0 Å². The van der Waals surface area contributed by atoms with Crippen molar-refractivity contribution in [2.24, 2.45) is 5.92 Å². The lowest BCUT2D eigenvalue weighted by Gasteiger charge is -2.11. The molecule has 0 heterocycles. The summed E-state index contributed by atoms with van der Waals surface area (Å²) >= 11 is 0. The predicted molar refractivity (Wildman–Crippen MR) is 43.4 cm³/mol. The van der Waals surface area contributed by atoms with Crippen molar-refractivity contribution in [2.45, 2.75) is 13.8 Å². The summed E-state index contributed by atoms with van der Waals surface area (Å²) in [4.78, 5) is 0. The van der Waals surface area contributed by atoms with Crippen molar-refractivity contribution in [2.75, 3.05) is 20.7 Å². The summed E-state index contributed by atoms with van der Waals surface area (Å²) in [6, 6.07) is 0. The van der Waals surface area contributed by atoms with E-state index in [-0.39, 0.29) is 12.5 Å². The molecule has 0 unspecified atom stereocenters. The monoisotopic (exact) mass is 181 g/mol. The Hall–Kier alpha value is -0.130. The fourth-order valence-electron chi connectivity index (χ4n) is 0.327. The van der Waals surface area contributed by atoms with E-state index in [1.165, 1.54) is 14.1 Å². The summed E-state index contributed by atoms with van der Waals surface area (Å²) in [6.45, 7) is 4.02. The third-order valence-corrected chi connectivity index (χ3v) is 2.33. The molecule has 0 radical (unpaired) electrons. The second kappa shape index (κ2) is 4.04. The standard InChI is InChI=1S/C6H15NO3S/c1-6(2)5-10-11(8,9)7(3)4/h6H,5H2,1-4H3. The summed E-state index contributed by atoms with van der Waals surface area (Å²) in [5.41, 5.74) is 0. The van der Waals surface area contributed by atoms with Crippen molar-refractivity contribution in [1.29, 1.82) is 0 Å². The van der Waals surface area contributed by atoms with Crippen LogP contribution in [0.15, 0.2) is 0 Å². The van der Waals surface area contributed by atoms with Crippen molar-refractivity contribution in [3.63, 3.8) is 0 Å². The van der Waals surface area contributed by atoms with Gasteiger partial charge in [-0.2, -0.15) is 12.7 Å². The van der Waals surface area contributed by atoms with E-state index in [2.05, 4.69) is 4.18 Å². The molecule has 0 aromatic carbocycles. The molecule has 0 aliphatic rings. The van der Waals surface area contributed by atoms with E-state index in [0.717, 1.165) is 4.31 Å². The lowest BCUT2D eigenvalue weighted by Crippen LogP contribution is -2.25. The van der Waals surface area contributed by atoms with Crippen LogP contribution in [0.4, 0.5) is 0 Å². The van der Waals surface area contributed by atoms with Crippen molar-refractivity contribution >= 4 is 10.3 Å². The molecule has 0 N–H and O–H groups in total. The first-order valence-electron chi connectivity index (χ1n) is 3.43. The van der Waals surface area contributed by atoms with Gasteiger partial charge in [-0.25, -0.2) is 0 Å². The Kier molecular flexibility index (Phi) is 3.99. The topological polar surface area (TPSA) is 46.6 Å². The first kappa shape index (κ1) is 10.9. The normalized spacial score (nSPS) is 12.9. The molecule has 0 spiro atoms. The van der Waals surface area contributed by atoms with Gasteiger partial charge in [0, 0.05) is 14.1 Å². The van der Waals surface area contributed by atoms with Gasteiger partial charge in [-0.15, -0.1) is 0 Å². The summed E-state index contributed by atoms with van der Waals surface area (Å²) in [6.07, 6.45) is 0. The molecule has 0 saturated carbocycles. The molecule has 11 heavy (non-hydrogen) atoms. The molecule has 0 amide bonds. The van der Waals surface area contributed by atoms with Crippen LogP contribution < -0.4 is 0 Å². The Morgan fingerprint density at radius 2 is 1.82 bits per heavy atom. The Morgan fingerprint density at radius 1 is 1.36 bits per heavy atom. The zero-order valence-electron chi connectivity index (χ0n) is 7.36. The molecule has 0 aromatic rings. The van der Waals surface area contributed by atoms with Gasteiger partial charge in [0.25, 0.3) is 0 Å². The fourth-order valence-corrected chi connectivity index (χ4v) is 0.982. The molecule has 5 heteroatoms. The van der Waals surface area contributed by atoms with Gasteiger partial charge in [-0.05, 0) is 5.92 Å². The third kappa shape index (κ3) is 4.34. The highest BCUT2D eigenvalue weighted by Crippen LogP contribution is 2.00. The Labute approximate surface area is 68.4 Å². The van der Waals surface area contributed by atoms with Gasteiger partial charge in [-0.1, -0.05) is 13.8 Å². The van der Waals surface area contributed by atoms with Crippen LogP contribution in [-0.4, -0.2) is 33.4 Å². The van der Waals surface area contributed by atoms with Crippen LogP contribution in [0.25, 0.3) is 0 Å². The number of hydrogen-bond acceptors (Lipinski definition) is 3. The minimum absolute atomic E-state index is 0.227. The van der Waals surface area contributed by atoms with E-state index >= 15 is 0 Å².